The van der Waals surface area contributed by atoms with Crippen LogP contribution in [0.5, 0.6) is 0 Å². The SMILES string of the molecule is Cc1ccc(F)cc1C1C(O)CCCN1Cc1ccccc1.Cl. The van der Waals surface area contributed by atoms with E-state index in [1.54, 1.807) is 12.1 Å². The molecule has 23 heavy (non-hydrogen) atoms. The lowest BCUT2D eigenvalue weighted by molar-refractivity contribution is 0.00480. The summed E-state index contributed by atoms with van der Waals surface area (Å²) in [6.07, 6.45) is 1.29. The lowest BCUT2D eigenvalue weighted by atomic mass is 9.89. The smallest absolute Gasteiger partial charge is 0.123 e. The molecule has 1 aliphatic rings. The third-order valence-electron chi connectivity index (χ3n) is 4.49. The molecule has 0 aromatic heterocycles. The number of aryl methyl sites for hydroxylation is 1. The van der Waals surface area contributed by atoms with E-state index in [2.05, 4.69) is 17.0 Å². The van der Waals surface area contributed by atoms with E-state index in [4.69, 9.17) is 0 Å². The second kappa shape index (κ2) is 7.91. The third-order valence-corrected chi connectivity index (χ3v) is 4.49. The van der Waals surface area contributed by atoms with Gasteiger partial charge in [0.1, 0.15) is 5.82 Å². The van der Waals surface area contributed by atoms with Crippen LogP contribution >= 0.6 is 12.4 Å². The molecule has 124 valence electrons. The van der Waals surface area contributed by atoms with Gasteiger partial charge < -0.3 is 5.11 Å². The zero-order valence-electron chi connectivity index (χ0n) is 13.3. The van der Waals surface area contributed by atoms with E-state index in [1.165, 1.54) is 11.6 Å². The molecule has 0 amide bonds. The highest BCUT2D eigenvalue weighted by molar-refractivity contribution is 5.85. The van der Waals surface area contributed by atoms with E-state index in [1.807, 2.05) is 25.1 Å². The summed E-state index contributed by atoms with van der Waals surface area (Å²) in [6.45, 7) is 3.68. The lowest BCUT2D eigenvalue weighted by Crippen LogP contribution is -2.41. The Morgan fingerprint density at radius 3 is 2.65 bits per heavy atom. The Morgan fingerprint density at radius 1 is 1.17 bits per heavy atom. The van der Waals surface area contributed by atoms with Crippen molar-refractivity contribution in [2.45, 2.75) is 38.5 Å². The predicted octanol–water partition coefficient (Wildman–Crippen LogP) is 4.25. The Balaban J connectivity index is 0.00000192. The maximum Gasteiger partial charge on any atom is 0.123 e. The zero-order valence-corrected chi connectivity index (χ0v) is 14.1. The normalized spacial score (nSPS) is 21.7. The molecule has 0 bridgehead atoms. The molecule has 1 aliphatic heterocycles. The van der Waals surface area contributed by atoms with Crippen molar-refractivity contribution in [2.24, 2.45) is 0 Å². The summed E-state index contributed by atoms with van der Waals surface area (Å²) >= 11 is 0. The summed E-state index contributed by atoms with van der Waals surface area (Å²) in [7, 11) is 0. The molecule has 1 heterocycles. The molecule has 1 saturated heterocycles. The highest BCUT2D eigenvalue weighted by Crippen LogP contribution is 2.34. The molecule has 0 saturated carbocycles. The molecule has 0 aliphatic carbocycles. The Kier molecular flexibility index (Phi) is 6.17. The number of aliphatic hydroxyl groups excluding tert-OH is 1. The second-order valence-corrected chi connectivity index (χ2v) is 6.11. The van der Waals surface area contributed by atoms with E-state index >= 15 is 0 Å². The molecule has 1 N–H and O–H groups in total. The van der Waals surface area contributed by atoms with E-state index < -0.39 is 6.10 Å². The van der Waals surface area contributed by atoms with Crippen molar-refractivity contribution in [1.29, 1.82) is 0 Å². The van der Waals surface area contributed by atoms with Gasteiger partial charge in [0.05, 0.1) is 12.1 Å². The number of likely N-dealkylation sites (tertiary alicyclic amines) is 1. The summed E-state index contributed by atoms with van der Waals surface area (Å²) in [6, 6.07) is 15.0. The molecule has 2 aromatic carbocycles. The van der Waals surface area contributed by atoms with Crippen LogP contribution in [0.2, 0.25) is 0 Å². The number of rotatable bonds is 3. The highest BCUT2D eigenvalue weighted by atomic mass is 35.5. The van der Waals surface area contributed by atoms with Gasteiger partial charge in [0.15, 0.2) is 0 Å². The molecular formula is C19H23ClFNO. The first-order valence-corrected chi connectivity index (χ1v) is 7.87. The van der Waals surface area contributed by atoms with Gasteiger partial charge in [-0.25, -0.2) is 4.39 Å². The fraction of sp³-hybridized carbons (Fsp3) is 0.368. The fourth-order valence-electron chi connectivity index (χ4n) is 3.37. The molecule has 2 nitrogen and oxygen atoms in total. The van der Waals surface area contributed by atoms with E-state index in [0.29, 0.717) is 0 Å². The fourth-order valence-corrected chi connectivity index (χ4v) is 3.37. The molecule has 0 radical (unpaired) electrons. The maximum absolute atomic E-state index is 13.7. The van der Waals surface area contributed by atoms with Crippen molar-refractivity contribution < 1.29 is 9.50 Å². The minimum absolute atomic E-state index is 0. The standard InChI is InChI=1S/C19H22FNO.ClH/c1-14-9-10-16(20)12-17(14)19-18(22)8-5-11-21(19)13-15-6-3-2-4-7-15;/h2-4,6-7,9-10,12,18-19,22H,5,8,11,13H2,1H3;1H. The van der Waals surface area contributed by atoms with Gasteiger partial charge in [-0.1, -0.05) is 36.4 Å². The van der Waals surface area contributed by atoms with Gasteiger partial charge in [0, 0.05) is 6.54 Å². The third kappa shape index (κ3) is 4.11. The summed E-state index contributed by atoms with van der Waals surface area (Å²) in [4.78, 5) is 2.27. The summed E-state index contributed by atoms with van der Waals surface area (Å²) < 4.78 is 13.7. The predicted molar refractivity (Wildman–Crippen MR) is 93.2 cm³/mol. The van der Waals surface area contributed by atoms with Crippen LogP contribution in [0.1, 0.15) is 35.6 Å². The Labute approximate surface area is 143 Å². The minimum Gasteiger partial charge on any atom is -0.391 e. The number of piperidine rings is 1. The van der Waals surface area contributed by atoms with Gasteiger partial charge in [-0.3, -0.25) is 4.90 Å². The van der Waals surface area contributed by atoms with Crippen molar-refractivity contribution in [1.82, 2.24) is 4.90 Å². The monoisotopic (exact) mass is 335 g/mol. The average Bonchev–Trinajstić information content (AvgIpc) is 2.51. The number of halogens is 2. The van der Waals surface area contributed by atoms with Crippen molar-refractivity contribution in [3.63, 3.8) is 0 Å². The Hall–Kier alpha value is -1.42. The van der Waals surface area contributed by atoms with Gasteiger partial charge in [0.2, 0.25) is 0 Å². The molecule has 0 spiro atoms. The highest BCUT2D eigenvalue weighted by Gasteiger charge is 2.32. The van der Waals surface area contributed by atoms with Crippen molar-refractivity contribution in [3.05, 3.63) is 71.0 Å². The first-order chi connectivity index (χ1) is 10.6. The molecule has 3 rings (SSSR count). The number of aliphatic hydroxyl groups is 1. The molecule has 2 unspecified atom stereocenters. The van der Waals surface area contributed by atoms with Gasteiger partial charge in [0.25, 0.3) is 0 Å². The van der Waals surface area contributed by atoms with Crippen molar-refractivity contribution in [2.75, 3.05) is 6.54 Å². The largest absolute Gasteiger partial charge is 0.391 e. The lowest BCUT2D eigenvalue weighted by Gasteiger charge is -2.40. The second-order valence-electron chi connectivity index (χ2n) is 6.11. The maximum atomic E-state index is 13.7. The van der Waals surface area contributed by atoms with E-state index in [-0.39, 0.29) is 24.3 Å². The summed E-state index contributed by atoms with van der Waals surface area (Å²) in [5, 5.41) is 10.5. The average molecular weight is 336 g/mol. The van der Waals surface area contributed by atoms with Crippen LogP contribution in [-0.4, -0.2) is 22.7 Å². The molecule has 1 fully saturated rings. The van der Waals surface area contributed by atoms with E-state index in [9.17, 15) is 9.50 Å². The first kappa shape index (κ1) is 17.9. The molecular weight excluding hydrogens is 313 g/mol. The molecule has 2 aromatic rings. The summed E-state index contributed by atoms with van der Waals surface area (Å²) in [5.74, 6) is -0.238. The van der Waals surface area contributed by atoms with Gasteiger partial charge in [-0.15, -0.1) is 12.4 Å². The zero-order chi connectivity index (χ0) is 15.5. The van der Waals surface area contributed by atoms with Crippen LogP contribution in [0.3, 0.4) is 0 Å². The number of benzene rings is 2. The Morgan fingerprint density at radius 2 is 1.91 bits per heavy atom. The summed E-state index contributed by atoms with van der Waals surface area (Å²) in [5.41, 5.74) is 3.16. The van der Waals surface area contributed by atoms with Crippen LogP contribution in [0.15, 0.2) is 48.5 Å². The minimum atomic E-state index is -0.446. The number of hydrogen-bond donors (Lipinski definition) is 1. The molecule has 4 heteroatoms. The molecule has 2 atom stereocenters. The van der Waals surface area contributed by atoms with Gasteiger partial charge in [-0.2, -0.15) is 0 Å². The number of nitrogens with zero attached hydrogens (tertiary/aromatic N) is 1. The number of hydrogen-bond acceptors (Lipinski definition) is 2. The van der Waals surface area contributed by atoms with E-state index in [0.717, 1.165) is 37.1 Å². The van der Waals surface area contributed by atoms with Gasteiger partial charge >= 0.3 is 0 Å². The van der Waals surface area contributed by atoms with Crippen LogP contribution in [0, 0.1) is 12.7 Å². The van der Waals surface area contributed by atoms with Crippen LogP contribution < -0.4 is 0 Å². The quantitative estimate of drug-likeness (QED) is 0.906. The van der Waals surface area contributed by atoms with Crippen molar-refractivity contribution >= 4 is 12.4 Å². The van der Waals surface area contributed by atoms with Crippen LogP contribution in [0.4, 0.5) is 4.39 Å². The van der Waals surface area contributed by atoms with Crippen molar-refractivity contribution in [3.8, 4) is 0 Å². The van der Waals surface area contributed by atoms with Gasteiger partial charge in [-0.05, 0) is 55.1 Å². The Bertz CT molecular complexity index is 635. The topological polar surface area (TPSA) is 23.5 Å². The van der Waals surface area contributed by atoms with Crippen LogP contribution in [-0.2, 0) is 6.54 Å². The first-order valence-electron chi connectivity index (χ1n) is 7.87. The van der Waals surface area contributed by atoms with Crippen LogP contribution in [0.25, 0.3) is 0 Å².